The van der Waals surface area contributed by atoms with Crippen molar-refractivity contribution in [3.63, 3.8) is 0 Å². The lowest BCUT2D eigenvalue weighted by molar-refractivity contribution is 0.149. The fraction of sp³-hybridized carbons (Fsp3) is 0.375. The van der Waals surface area contributed by atoms with Crippen molar-refractivity contribution < 1.29 is 4.79 Å². The van der Waals surface area contributed by atoms with Gasteiger partial charge in [0.25, 0.3) is 0 Å². The second-order valence-electron chi connectivity index (χ2n) is 9.23. The molecule has 0 aliphatic carbocycles. The molecule has 0 bridgehead atoms. The van der Waals surface area contributed by atoms with Crippen LogP contribution in [0.2, 0.25) is 0 Å². The van der Waals surface area contributed by atoms with E-state index >= 15 is 0 Å². The molecule has 4 heteroatoms. The van der Waals surface area contributed by atoms with Gasteiger partial charge in [0.1, 0.15) is 0 Å². The minimum absolute atomic E-state index is 0.0180. The summed E-state index contributed by atoms with van der Waals surface area (Å²) in [7, 11) is 0. The lowest BCUT2D eigenvalue weighted by Gasteiger charge is -2.47. The Kier molecular flexibility index (Phi) is 4.54. The third kappa shape index (κ3) is 3.69. The Morgan fingerprint density at radius 3 is 1.86 bits per heavy atom. The molecule has 0 aromatic heterocycles. The van der Waals surface area contributed by atoms with Crippen molar-refractivity contribution in [1.29, 1.82) is 0 Å². The molecule has 1 fully saturated rings. The van der Waals surface area contributed by atoms with E-state index in [-0.39, 0.29) is 23.2 Å². The number of carbonyl (C=O) groups excluding carboxylic acids is 1. The van der Waals surface area contributed by atoms with Gasteiger partial charge in [-0.3, -0.25) is 4.90 Å². The predicted octanol–water partition coefficient (Wildman–Crippen LogP) is 5.33. The van der Waals surface area contributed by atoms with Gasteiger partial charge >= 0.3 is 6.03 Å². The third-order valence-corrected chi connectivity index (χ3v) is 5.52. The second kappa shape index (κ2) is 6.78. The lowest BCUT2D eigenvalue weighted by Crippen LogP contribution is -2.62. The van der Waals surface area contributed by atoms with E-state index in [9.17, 15) is 4.79 Å². The van der Waals surface area contributed by atoms with E-state index in [4.69, 9.17) is 0 Å². The fourth-order valence-electron chi connectivity index (χ4n) is 4.86. The summed E-state index contributed by atoms with van der Waals surface area (Å²) in [6.07, 6.45) is 5.96. The summed E-state index contributed by atoms with van der Waals surface area (Å²) in [6.45, 7) is 8.81. The van der Waals surface area contributed by atoms with Crippen molar-refractivity contribution >= 4 is 29.6 Å². The van der Waals surface area contributed by atoms with Crippen molar-refractivity contribution in [1.82, 2.24) is 10.6 Å². The summed E-state index contributed by atoms with van der Waals surface area (Å²) in [5, 5.41) is 7.01. The number of urea groups is 1. The molecular weight excluding hydrogens is 346 g/mol. The Balaban J connectivity index is 1.68. The van der Waals surface area contributed by atoms with Gasteiger partial charge in [-0.25, -0.2) is 4.79 Å². The number of hydrogen-bond donors (Lipinski definition) is 2. The molecule has 4 nitrogen and oxygen atoms in total. The number of carbonyl (C=O) groups is 1. The first kappa shape index (κ1) is 18.8. The van der Waals surface area contributed by atoms with E-state index < -0.39 is 0 Å². The molecule has 0 spiro atoms. The molecule has 0 saturated carbocycles. The van der Waals surface area contributed by atoms with Crippen molar-refractivity contribution in [3.8, 4) is 0 Å². The van der Waals surface area contributed by atoms with Crippen LogP contribution in [-0.4, -0.2) is 23.2 Å². The molecule has 28 heavy (non-hydrogen) atoms. The number of nitrogens with zero attached hydrogens (tertiary/aromatic N) is 1. The van der Waals surface area contributed by atoms with Gasteiger partial charge in [0.2, 0.25) is 0 Å². The molecule has 2 heterocycles. The Labute approximate surface area is 167 Å². The normalized spacial score (nSPS) is 20.1. The van der Waals surface area contributed by atoms with Crippen molar-refractivity contribution in [2.75, 3.05) is 4.90 Å². The van der Waals surface area contributed by atoms with Crippen LogP contribution in [0.1, 0.15) is 51.7 Å². The molecule has 2 aromatic rings. The zero-order valence-corrected chi connectivity index (χ0v) is 17.1. The highest BCUT2D eigenvalue weighted by molar-refractivity contribution is 6.05. The van der Waals surface area contributed by atoms with Crippen LogP contribution in [0.4, 0.5) is 16.2 Å². The molecule has 0 atom stereocenters. The Morgan fingerprint density at radius 2 is 1.36 bits per heavy atom. The highest BCUT2D eigenvalue weighted by atomic mass is 16.2. The number of rotatable bonds is 1. The molecule has 146 valence electrons. The SMILES string of the molecule is CC1(C)CC(NC(=O)N2c3ccccc3C=Cc3ccccc32)CC(C)(C)N1. The first-order valence-corrected chi connectivity index (χ1v) is 10.0. The maximum atomic E-state index is 13.5. The van der Waals surface area contributed by atoms with Crippen LogP contribution in [0.5, 0.6) is 0 Å². The van der Waals surface area contributed by atoms with Crippen LogP contribution >= 0.6 is 0 Å². The first-order chi connectivity index (χ1) is 13.2. The Bertz CT molecular complexity index is 863. The average molecular weight is 376 g/mol. The molecule has 2 aromatic carbocycles. The van der Waals surface area contributed by atoms with Crippen LogP contribution in [0, 0.1) is 0 Å². The van der Waals surface area contributed by atoms with Crippen LogP contribution in [0.25, 0.3) is 12.2 Å². The molecule has 2 aliphatic heterocycles. The highest BCUT2D eigenvalue weighted by Crippen LogP contribution is 2.37. The van der Waals surface area contributed by atoms with E-state index in [0.717, 1.165) is 35.3 Å². The van der Waals surface area contributed by atoms with E-state index in [0.29, 0.717) is 0 Å². The third-order valence-electron chi connectivity index (χ3n) is 5.52. The molecule has 1 saturated heterocycles. The second-order valence-corrected chi connectivity index (χ2v) is 9.23. The summed E-state index contributed by atoms with van der Waals surface area (Å²) < 4.78 is 0. The van der Waals surface area contributed by atoms with Crippen LogP contribution in [-0.2, 0) is 0 Å². The van der Waals surface area contributed by atoms with Crippen molar-refractivity contribution in [3.05, 3.63) is 59.7 Å². The molecule has 0 unspecified atom stereocenters. The van der Waals surface area contributed by atoms with Crippen LogP contribution < -0.4 is 15.5 Å². The van der Waals surface area contributed by atoms with E-state index in [2.05, 4.69) is 62.6 Å². The van der Waals surface area contributed by atoms with Gasteiger partial charge < -0.3 is 10.6 Å². The smallest absolute Gasteiger partial charge is 0.326 e. The summed E-state index contributed by atoms with van der Waals surface area (Å²) in [6, 6.07) is 16.2. The number of fused-ring (bicyclic) bond motifs is 2. The number of benzene rings is 2. The zero-order valence-electron chi connectivity index (χ0n) is 17.1. The molecular formula is C24H29N3O. The Morgan fingerprint density at radius 1 is 0.893 bits per heavy atom. The number of nitrogens with one attached hydrogen (secondary N) is 2. The van der Waals surface area contributed by atoms with E-state index in [1.165, 1.54) is 0 Å². The minimum Gasteiger partial charge on any atom is -0.335 e. The number of piperidine rings is 1. The van der Waals surface area contributed by atoms with Crippen molar-refractivity contribution in [2.45, 2.75) is 57.7 Å². The number of amides is 2. The summed E-state index contributed by atoms with van der Waals surface area (Å²) in [5.74, 6) is 0. The fourth-order valence-corrected chi connectivity index (χ4v) is 4.86. The average Bonchev–Trinajstić information content (AvgIpc) is 2.75. The molecule has 2 amide bonds. The summed E-state index contributed by atoms with van der Waals surface area (Å²) in [5.41, 5.74) is 3.87. The maximum absolute atomic E-state index is 13.5. The highest BCUT2D eigenvalue weighted by Gasteiger charge is 2.39. The maximum Gasteiger partial charge on any atom is 0.326 e. The number of para-hydroxylation sites is 2. The van der Waals surface area contributed by atoms with Gasteiger partial charge in [0.15, 0.2) is 0 Å². The monoisotopic (exact) mass is 375 g/mol. The molecule has 4 rings (SSSR count). The largest absolute Gasteiger partial charge is 0.335 e. The van der Waals surface area contributed by atoms with Gasteiger partial charge in [0.05, 0.1) is 11.4 Å². The van der Waals surface area contributed by atoms with Gasteiger partial charge in [-0.05, 0) is 63.8 Å². The quantitative estimate of drug-likeness (QED) is 0.708. The van der Waals surface area contributed by atoms with Gasteiger partial charge in [-0.2, -0.15) is 0 Å². The Hall–Kier alpha value is -2.59. The van der Waals surface area contributed by atoms with Gasteiger partial charge in [0, 0.05) is 17.1 Å². The minimum atomic E-state index is -0.0675. The number of hydrogen-bond acceptors (Lipinski definition) is 2. The molecule has 2 N–H and O–H groups in total. The molecule has 2 aliphatic rings. The zero-order chi connectivity index (χ0) is 19.9. The van der Waals surface area contributed by atoms with Gasteiger partial charge in [-0.15, -0.1) is 0 Å². The molecule has 0 radical (unpaired) electrons. The van der Waals surface area contributed by atoms with E-state index in [1.54, 1.807) is 0 Å². The van der Waals surface area contributed by atoms with Crippen LogP contribution in [0.3, 0.4) is 0 Å². The summed E-state index contributed by atoms with van der Waals surface area (Å²) >= 11 is 0. The standard InChI is InChI=1S/C24H29N3O/c1-23(2)15-19(16-24(3,4)26-23)25-22(28)27-20-11-7-5-9-17(20)13-14-18-10-6-8-12-21(18)27/h5-14,19,26H,15-16H2,1-4H3,(H,25,28). The van der Waals surface area contributed by atoms with Gasteiger partial charge in [-0.1, -0.05) is 48.6 Å². The first-order valence-electron chi connectivity index (χ1n) is 10.0. The predicted molar refractivity (Wildman–Crippen MR) is 117 cm³/mol. The van der Waals surface area contributed by atoms with Crippen molar-refractivity contribution in [2.24, 2.45) is 0 Å². The number of anilines is 2. The van der Waals surface area contributed by atoms with E-state index in [1.807, 2.05) is 41.3 Å². The van der Waals surface area contributed by atoms with Crippen LogP contribution in [0.15, 0.2) is 48.5 Å². The lowest BCUT2D eigenvalue weighted by atomic mass is 9.79. The summed E-state index contributed by atoms with van der Waals surface area (Å²) in [4.78, 5) is 15.4. The topological polar surface area (TPSA) is 44.4 Å².